The molecule has 7 heteroatoms. The fourth-order valence-electron chi connectivity index (χ4n) is 2.96. The molecule has 3 rings (SSSR count). The minimum absolute atomic E-state index is 0.286. The minimum Gasteiger partial charge on any atom is -0.346 e. The summed E-state index contributed by atoms with van der Waals surface area (Å²) in [5.41, 5.74) is 1.93. The highest BCUT2D eigenvalue weighted by molar-refractivity contribution is 7.19. The van der Waals surface area contributed by atoms with E-state index >= 15 is 0 Å². The summed E-state index contributed by atoms with van der Waals surface area (Å²) < 4.78 is 0. The van der Waals surface area contributed by atoms with Crippen molar-refractivity contribution in [3.63, 3.8) is 0 Å². The highest BCUT2D eigenvalue weighted by Gasteiger charge is 2.20. The van der Waals surface area contributed by atoms with Crippen molar-refractivity contribution < 1.29 is 4.79 Å². The second-order valence-corrected chi connectivity index (χ2v) is 7.13. The first-order chi connectivity index (χ1) is 11.7. The van der Waals surface area contributed by atoms with Crippen LogP contribution >= 0.6 is 11.3 Å². The van der Waals surface area contributed by atoms with E-state index in [0.29, 0.717) is 11.0 Å². The number of hydrogen-bond acceptors (Lipinski definition) is 5. The van der Waals surface area contributed by atoms with Gasteiger partial charge >= 0.3 is 6.03 Å². The van der Waals surface area contributed by atoms with Crippen molar-refractivity contribution in [1.29, 1.82) is 0 Å². The van der Waals surface area contributed by atoms with Gasteiger partial charge in [0.25, 0.3) is 0 Å². The predicted octanol–water partition coefficient (Wildman–Crippen LogP) is 3.98. The van der Waals surface area contributed by atoms with E-state index in [1.165, 1.54) is 24.2 Å². The third kappa shape index (κ3) is 4.03. The molecule has 1 fully saturated rings. The van der Waals surface area contributed by atoms with Crippen molar-refractivity contribution in [2.75, 3.05) is 28.6 Å². The van der Waals surface area contributed by atoms with Gasteiger partial charge in [-0.15, -0.1) is 10.2 Å². The number of piperidine rings is 1. The number of urea groups is 1. The number of nitrogens with zero attached hydrogens (tertiary/aromatic N) is 3. The normalized spacial score (nSPS) is 17.6. The van der Waals surface area contributed by atoms with Crippen LogP contribution in [0.2, 0.25) is 0 Å². The van der Waals surface area contributed by atoms with Crippen molar-refractivity contribution in [2.24, 2.45) is 5.92 Å². The van der Waals surface area contributed by atoms with Crippen molar-refractivity contribution in [3.05, 3.63) is 29.8 Å². The number of aryl methyl sites for hydroxylation is 1. The standard InChI is InChI=1S/C17H23N5OS/c1-3-13-8-4-5-9-14(13)18-15(23)19-16-20-21-17(24-16)22-10-6-7-12(2)11-22/h4-5,8-9,12H,3,6-7,10-11H2,1-2H3,(H2,18,19,20,23). The maximum Gasteiger partial charge on any atom is 0.325 e. The van der Waals surface area contributed by atoms with Crippen LogP contribution in [0.15, 0.2) is 24.3 Å². The lowest BCUT2D eigenvalue weighted by Crippen LogP contribution is -2.34. The molecule has 1 aromatic heterocycles. The van der Waals surface area contributed by atoms with Gasteiger partial charge in [-0.25, -0.2) is 4.79 Å². The van der Waals surface area contributed by atoms with Crippen LogP contribution in [-0.4, -0.2) is 29.3 Å². The third-order valence-electron chi connectivity index (χ3n) is 4.21. The zero-order chi connectivity index (χ0) is 16.9. The van der Waals surface area contributed by atoms with Crippen LogP contribution < -0.4 is 15.5 Å². The van der Waals surface area contributed by atoms with Gasteiger partial charge in [0.15, 0.2) is 0 Å². The van der Waals surface area contributed by atoms with Crippen LogP contribution in [0, 0.1) is 5.92 Å². The molecule has 0 bridgehead atoms. The molecule has 1 aliphatic heterocycles. The van der Waals surface area contributed by atoms with Crippen LogP contribution in [0.4, 0.5) is 20.7 Å². The molecule has 1 unspecified atom stereocenters. The molecular formula is C17H23N5OS. The topological polar surface area (TPSA) is 70.1 Å². The van der Waals surface area contributed by atoms with Crippen LogP contribution in [0.1, 0.15) is 32.3 Å². The van der Waals surface area contributed by atoms with Gasteiger partial charge in [-0.3, -0.25) is 5.32 Å². The molecular weight excluding hydrogens is 322 g/mol. The number of para-hydroxylation sites is 1. The Labute approximate surface area is 146 Å². The number of hydrogen-bond donors (Lipinski definition) is 2. The fourth-order valence-corrected chi connectivity index (χ4v) is 3.73. The summed E-state index contributed by atoms with van der Waals surface area (Å²) in [6.07, 6.45) is 3.31. The molecule has 128 valence electrons. The van der Waals surface area contributed by atoms with E-state index in [1.807, 2.05) is 24.3 Å². The summed E-state index contributed by atoms with van der Waals surface area (Å²) in [5, 5.41) is 15.4. The quantitative estimate of drug-likeness (QED) is 0.879. The smallest absolute Gasteiger partial charge is 0.325 e. The Morgan fingerprint density at radius 2 is 2.17 bits per heavy atom. The fraction of sp³-hybridized carbons (Fsp3) is 0.471. The molecule has 2 heterocycles. The number of aromatic nitrogens is 2. The second-order valence-electron chi connectivity index (χ2n) is 6.17. The summed E-state index contributed by atoms with van der Waals surface area (Å²) in [7, 11) is 0. The number of carbonyl (C=O) groups is 1. The Bertz CT molecular complexity index is 702. The van der Waals surface area contributed by atoms with Gasteiger partial charge in [-0.2, -0.15) is 0 Å². The molecule has 1 saturated heterocycles. The number of rotatable bonds is 4. The minimum atomic E-state index is -0.286. The van der Waals surface area contributed by atoms with Gasteiger partial charge in [0.2, 0.25) is 10.3 Å². The molecule has 0 saturated carbocycles. The molecule has 1 atom stereocenters. The molecule has 0 aliphatic carbocycles. The Kier molecular flexibility index (Phi) is 5.30. The Balaban J connectivity index is 1.61. The molecule has 2 amide bonds. The number of carbonyl (C=O) groups excluding carboxylic acids is 1. The van der Waals surface area contributed by atoms with Crippen molar-refractivity contribution >= 4 is 33.3 Å². The van der Waals surface area contributed by atoms with Gasteiger partial charge in [-0.05, 0) is 36.8 Å². The zero-order valence-corrected chi connectivity index (χ0v) is 14.9. The summed E-state index contributed by atoms with van der Waals surface area (Å²) in [6.45, 7) is 6.33. The van der Waals surface area contributed by atoms with E-state index in [-0.39, 0.29) is 6.03 Å². The predicted molar refractivity (Wildman–Crippen MR) is 99.0 cm³/mol. The van der Waals surface area contributed by atoms with E-state index in [1.54, 1.807) is 0 Å². The van der Waals surface area contributed by atoms with E-state index in [0.717, 1.165) is 35.9 Å². The average molecular weight is 345 g/mol. The van der Waals surface area contributed by atoms with E-state index in [9.17, 15) is 4.79 Å². The first-order valence-electron chi connectivity index (χ1n) is 8.40. The van der Waals surface area contributed by atoms with Crippen molar-refractivity contribution in [1.82, 2.24) is 10.2 Å². The SMILES string of the molecule is CCc1ccccc1NC(=O)Nc1nnc(N2CCCC(C)C2)s1. The lowest BCUT2D eigenvalue weighted by atomic mass is 10.0. The van der Waals surface area contributed by atoms with Crippen molar-refractivity contribution in [3.8, 4) is 0 Å². The van der Waals surface area contributed by atoms with Gasteiger partial charge in [0.1, 0.15) is 0 Å². The first-order valence-corrected chi connectivity index (χ1v) is 9.21. The number of benzene rings is 1. The lowest BCUT2D eigenvalue weighted by molar-refractivity contribution is 0.262. The maximum atomic E-state index is 12.2. The van der Waals surface area contributed by atoms with Crippen LogP contribution in [-0.2, 0) is 6.42 Å². The summed E-state index contributed by atoms with van der Waals surface area (Å²) in [6, 6.07) is 7.51. The zero-order valence-electron chi connectivity index (χ0n) is 14.1. The lowest BCUT2D eigenvalue weighted by Gasteiger charge is -2.29. The largest absolute Gasteiger partial charge is 0.346 e. The highest BCUT2D eigenvalue weighted by atomic mass is 32.1. The summed E-state index contributed by atoms with van der Waals surface area (Å²) >= 11 is 1.42. The highest BCUT2D eigenvalue weighted by Crippen LogP contribution is 2.28. The number of anilines is 3. The Morgan fingerprint density at radius 1 is 1.33 bits per heavy atom. The third-order valence-corrected chi connectivity index (χ3v) is 5.11. The van der Waals surface area contributed by atoms with Crippen LogP contribution in [0.5, 0.6) is 0 Å². The molecule has 2 N–H and O–H groups in total. The van der Waals surface area contributed by atoms with Crippen LogP contribution in [0.3, 0.4) is 0 Å². The monoisotopic (exact) mass is 345 g/mol. The van der Waals surface area contributed by atoms with Crippen molar-refractivity contribution in [2.45, 2.75) is 33.1 Å². The second kappa shape index (κ2) is 7.61. The maximum absolute atomic E-state index is 12.2. The molecule has 2 aromatic rings. The summed E-state index contributed by atoms with van der Waals surface area (Å²) in [5.74, 6) is 0.674. The Hall–Kier alpha value is -2.15. The van der Waals surface area contributed by atoms with E-state index in [4.69, 9.17) is 0 Å². The molecule has 0 radical (unpaired) electrons. The average Bonchev–Trinajstić information content (AvgIpc) is 3.03. The number of amides is 2. The molecule has 6 nitrogen and oxygen atoms in total. The van der Waals surface area contributed by atoms with Gasteiger partial charge in [0.05, 0.1) is 0 Å². The van der Waals surface area contributed by atoms with E-state index < -0.39 is 0 Å². The Morgan fingerprint density at radius 3 is 2.96 bits per heavy atom. The van der Waals surface area contributed by atoms with Gasteiger partial charge in [0, 0.05) is 18.8 Å². The number of nitrogens with one attached hydrogen (secondary N) is 2. The molecule has 1 aliphatic rings. The molecule has 24 heavy (non-hydrogen) atoms. The van der Waals surface area contributed by atoms with Gasteiger partial charge < -0.3 is 10.2 Å². The van der Waals surface area contributed by atoms with E-state index in [2.05, 4.69) is 39.6 Å². The first kappa shape index (κ1) is 16.7. The molecule has 1 aromatic carbocycles. The summed E-state index contributed by atoms with van der Waals surface area (Å²) in [4.78, 5) is 14.4. The van der Waals surface area contributed by atoms with Crippen LogP contribution in [0.25, 0.3) is 0 Å². The molecule has 0 spiro atoms. The van der Waals surface area contributed by atoms with Gasteiger partial charge in [-0.1, -0.05) is 43.4 Å².